The Kier molecular flexibility index (Phi) is 6.03. The van der Waals surface area contributed by atoms with Crippen molar-refractivity contribution < 1.29 is 4.79 Å². The van der Waals surface area contributed by atoms with Gasteiger partial charge >= 0.3 is 5.69 Å². The number of H-pyrrole nitrogens is 2. The normalized spacial score (nSPS) is 15.4. The van der Waals surface area contributed by atoms with Crippen LogP contribution < -0.4 is 11.2 Å². The van der Waals surface area contributed by atoms with Crippen LogP contribution in [0.4, 0.5) is 0 Å². The maximum absolute atomic E-state index is 12.8. The summed E-state index contributed by atoms with van der Waals surface area (Å²) < 4.78 is 1.29. The number of carbonyl (C=O) groups is 1. The number of aromatic amines is 2. The fourth-order valence-corrected chi connectivity index (χ4v) is 4.06. The molecule has 4 rings (SSSR count). The van der Waals surface area contributed by atoms with Gasteiger partial charge in [0.05, 0.1) is 0 Å². The number of aromatic nitrogens is 4. The Labute approximate surface area is 179 Å². The molecule has 0 bridgehead atoms. The first kappa shape index (κ1) is 21.0. The number of amides is 1. The van der Waals surface area contributed by atoms with Crippen LogP contribution in [0.2, 0.25) is 0 Å². The van der Waals surface area contributed by atoms with Gasteiger partial charge in [-0.25, -0.2) is 9.78 Å². The van der Waals surface area contributed by atoms with Gasteiger partial charge in [0.15, 0.2) is 5.65 Å². The van der Waals surface area contributed by atoms with Crippen LogP contribution >= 0.6 is 0 Å². The average molecular weight is 425 g/mol. The zero-order valence-corrected chi connectivity index (χ0v) is 18.0. The van der Waals surface area contributed by atoms with Crippen molar-refractivity contribution in [3.05, 3.63) is 62.1 Å². The number of carbonyl (C=O) groups excluding carboxylic acids is 1. The Balaban J connectivity index is 1.35. The molecule has 0 saturated carbocycles. The molecule has 1 aromatic carbocycles. The van der Waals surface area contributed by atoms with Crippen molar-refractivity contribution in [2.75, 3.05) is 26.2 Å². The summed E-state index contributed by atoms with van der Waals surface area (Å²) in [7, 11) is 1.55. The van der Waals surface area contributed by atoms with Crippen molar-refractivity contribution in [2.45, 2.75) is 32.7 Å². The molecule has 9 nitrogen and oxygen atoms in total. The maximum atomic E-state index is 12.8. The Morgan fingerprint density at radius 3 is 2.71 bits per heavy atom. The van der Waals surface area contributed by atoms with E-state index >= 15 is 0 Å². The number of nitrogens with zero attached hydrogens (tertiary/aromatic N) is 4. The summed E-state index contributed by atoms with van der Waals surface area (Å²) >= 11 is 0. The number of aryl methyl sites for hydroxylation is 3. The Morgan fingerprint density at radius 1 is 1.10 bits per heavy atom. The Morgan fingerprint density at radius 2 is 1.90 bits per heavy atom. The lowest BCUT2D eigenvalue weighted by molar-refractivity contribution is -0.131. The maximum Gasteiger partial charge on any atom is 0.329 e. The van der Waals surface area contributed by atoms with Crippen LogP contribution in [0, 0.1) is 6.92 Å². The molecule has 3 aromatic rings. The third kappa shape index (κ3) is 4.61. The second-order valence-electron chi connectivity index (χ2n) is 8.14. The molecular formula is C22H28N6O3. The smallest absolute Gasteiger partial charge is 0.329 e. The predicted molar refractivity (Wildman–Crippen MR) is 118 cm³/mol. The molecule has 2 aromatic heterocycles. The molecule has 1 aliphatic heterocycles. The van der Waals surface area contributed by atoms with E-state index in [1.807, 2.05) is 4.90 Å². The number of fused-ring (bicyclic) bond motifs is 1. The quantitative estimate of drug-likeness (QED) is 0.634. The predicted octanol–water partition coefficient (Wildman–Crippen LogP) is 0.925. The molecule has 3 heterocycles. The standard InChI is InChI=1S/C22H28N6O3/c1-15-6-3-4-7-16(15)14-27-10-5-11-28(13-12-27)18(29)9-8-17-23-19-20(24-17)26(2)22(31)25-21(19)30/h3-4,6-7H,5,8-14H2,1-2H3,(H,23,24)(H,25,30,31). The third-order valence-electron chi connectivity index (χ3n) is 5.98. The number of imidazole rings is 1. The highest BCUT2D eigenvalue weighted by Crippen LogP contribution is 2.14. The van der Waals surface area contributed by atoms with Gasteiger partial charge in [-0.3, -0.25) is 24.0 Å². The number of nitrogens with one attached hydrogen (secondary N) is 2. The molecule has 2 N–H and O–H groups in total. The zero-order chi connectivity index (χ0) is 22.0. The lowest BCUT2D eigenvalue weighted by atomic mass is 10.1. The molecular weight excluding hydrogens is 396 g/mol. The molecule has 0 aliphatic carbocycles. The summed E-state index contributed by atoms with van der Waals surface area (Å²) in [5, 5.41) is 0. The number of hydrogen-bond acceptors (Lipinski definition) is 5. The van der Waals surface area contributed by atoms with E-state index in [4.69, 9.17) is 0 Å². The van der Waals surface area contributed by atoms with Crippen LogP contribution in [0.3, 0.4) is 0 Å². The van der Waals surface area contributed by atoms with E-state index in [9.17, 15) is 14.4 Å². The summed E-state index contributed by atoms with van der Waals surface area (Å²) in [5.41, 5.74) is 2.18. The summed E-state index contributed by atoms with van der Waals surface area (Å²) in [6.07, 6.45) is 1.65. The lowest BCUT2D eigenvalue weighted by Gasteiger charge is -2.22. The van der Waals surface area contributed by atoms with Gasteiger partial charge in [-0.1, -0.05) is 24.3 Å². The number of benzene rings is 1. The molecule has 1 aliphatic rings. The fourth-order valence-electron chi connectivity index (χ4n) is 4.06. The van der Waals surface area contributed by atoms with E-state index in [2.05, 4.69) is 51.0 Å². The molecule has 1 amide bonds. The van der Waals surface area contributed by atoms with Gasteiger partial charge in [0.1, 0.15) is 11.3 Å². The second kappa shape index (κ2) is 8.89. The van der Waals surface area contributed by atoms with E-state index < -0.39 is 11.2 Å². The molecule has 0 radical (unpaired) electrons. The van der Waals surface area contributed by atoms with Crippen LogP contribution in [-0.2, 0) is 24.8 Å². The molecule has 1 fully saturated rings. The van der Waals surface area contributed by atoms with E-state index in [1.165, 1.54) is 15.7 Å². The van der Waals surface area contributed by atoms with Crippen LogP contribution in [0.25, 0.3) is 11.2 Å². The van der Waals surface area contributed by atoms with Gasteiger partial charge in [-0.2, -0.15) is 0 Å². The Hall–Kier alpha value is -3.20. The van der Waals surface area contributed by atoms with Crippen LogP contribution in [0.5, 0.6) is 0 Å². The van der Waals surface area contributed by atoms with Crippen molar-refractivity contribution in [2.24, 2.45) is 7.05 Å². The lowest BCUT2D eigenvalue weighted by Crippen LogP contribution is -2.35. The van der Waals surface area contributed by atoms with Gasteiger partial charge in [-0.05, 0) is 24.5 Å². The van der Waals surface area contributed by atoms with E-state index in [-0.39, 0.29) is 11.4 Å². The zero-order valence-electron chi connectivity index (χ0n) is 18.0. The minimum atomic E-state index is -0.508. The minimum absolute atomic E-state index is 0.0843. The van der Waals surface area contributed by atoms with Gasteiger partial charge in [0.2, 0.25) is 5.91 Å². The number of hydrogen-bond donors (Lipinski definition) is 2. The molecule has 0 spiro atoms. The van der Waals surface area contributed by atoms with Crippen molar-refractivity contribution in [1.82, 2.24) is 29.3 Å². The summed E-state index contributed by atoms with van der Waals surface area (Å²) in [6.45, 7) is 6.31. The summed E-state index contributed by atoms with van der Waals surface area (Å²) in [4.78, 5) is 50.3. The second-order valence-corrected chi connectivity index (χ2v) is 8.14. The van der Waals surface area contributed by atoms with Crippen LogP contribution in [-0.4, -0.2) is 61.4 Å². The molecule has 1 saturated heterocycles. The first-order chi connectivity index (χ1) is 14.9. The molecule has 164 valence electrons. The summed E-state index contributed by atoms with van der Waals surface area (Å²) in [5.74, 6) is 0.618. The average Bonchev–Trinajstić information content (AvgIpc) is 3.05. The Bertz CT molecular complexity index is 1210. The summed E-state index contributed by atoms with van der Waals surface area (Å²) in [6, 6.07) is 8.42. The van der Waals surface area contributed by atoms with Crippen molar-refractivity contribution >= 4 is 17.1 Å². The topological polar surface area (TPSA) is 107 Å². The first-order valence-corrected chi connectivity index (χ1v) is 10.6. The van der Waals surface area contributed by atoms with Gasteiger partial charge < -0.3 is 9.88 Å². The van der Waals surface area contributed by atoms with Crippen molar-refractivity contribution in [1.29, 1.82) is 0 Å². The molecule has 9 heteroatoms. The fraction of sp³-hybridized carbons (Fsp3) is 0.455. The van der Waals surface area contributed by atoms with Gasteiger partial charge in [-0.15, -0.1) is 0 Å². The molecule has 31 heavy (non-hydrogen) atoms. The number of rotatable bonds is 5. The third-order valence-corrected chi connectivity index (χ3v) is 5.98. The van der Waals surface area contributed by atoms with E-state index in [0.717, 1.165) is 32.6 Å². The van der Waals surface area contributed by atoms with Crippen LogP contribution in [0.15, 0.2) is 33.9 Å². The highest BCUT2D eigenvalue weighted by atomic mass is 16.2. The van der Waals surface area contributed by atoms with Crippen LogP contribution in [0.1, 0.15) is 29.8 Å². The largest absolute Gasteiger partial charge is 0.341 e. The SMILES string of the molecule is Cc1ccccc1CN1CCCN(C(=O)CCc2nc3c([nH]2)c(=O)[nH]c(=O)n3C)CC1. The van der Waals surface area contributed by atoms with Gasteiger partial charge in [0.25, 0.3) is 5.56 Å². The highest BCUT2D eigenvalue weighted by molar-refractivity contribution is 5.76. The highest BCUT2D eigenvalue weighted by Gasteiger charge is 2.20. The monoisotopic (exact) mass is 424 g/mol. The van der Waals surface area contributed by atoms with Crippen molar-refractivity contribution in [3.8, 4) is 0 Å². The van der Waals surface area contributed by atoms with Gasteiger partial charge in [0, 0.05) is 52.6 Å². The van der Waals surface area contributed by atoms with E-state index in [1.54, 1.807) is 7.05 Å². The van der Waals surface area contributed by atoms with Crippen molar-refractivity contribution in [3.63, 3.8) is 0 Å². The minimum Gasteiger partial charge on any atom is -0.341 e. The molecule has 0 atom stereocenters. The van der Waals surface area contributed by atoms with E-state index in [0.29, 0.717) is 30.9 Å². The first-order valence-electron chi connectivity index (χ1n) is 10.6. The molecule has 0 unspecified atom stereocenters.